The summed E-state index contributed by atoms with van der Waals surface area (Å²) in [5.41, 5.74) is 3.22. The Kier molecular flexibility index (Phi) is 4.02. The van der Waals surface area contributed by atoms with Gasteiger partial charge in [0.1, 0.15) is 12.3 Å². The summed E-state index contributed by atoms with van der Waals surface area (Å²) in [6.07, 6.45) is 1.73. The summed E-state index contributed by atoms with van der Waals surface area (Å²) >= 11 is 0. The molecule has 5 nitrogen and oxygen atoms in total. The number of hydrogen-bond donors (Lipinski definition) is 0. The third-order valence-corrected chi connectivity index (χ3v) is 3.57. The molecule has 2 aromatic heterocycles. The molecule has 0 saturated heterocycles. The molecule has 118 valence electrons. The van der Waals surface area contributed by atoms with Gasteiger partial charge in [0, 0.05) is 12.3 Å². The Bertz CT molecular complexity index is 916. The maximum Gasteiger partial charge on any atom is 0.258 e. The molecule has 0 amide bonds. The van der Waals surface area contributed by atoms with E-state index in [0.717, 1.165) is 11.1 Å². The molecule has 0 bridgehead atoms. The molecule has 0 aliphatic carbocycles. The topological polar surface area (TPSA) is 52.8 Å². The lowest BCUT2D eigenvalue weighted by molar-refractivity contribution is 0.280. The van der Waals surface area contributed by atoms with Crippen LogP contribution in [0.1, 0.15) is 16.8 Å². The van der Waals surface area contributed by atoms with E-state index in [1.54, 1.807) is 13.3 Å². The summed E-state index contributed by atoms with van der Waals surface area (Å²) in [4.78, 5) is 16.6. The van der Waals surface area contributed by atoms with Crippen molar-refractivity contribution in [2.24, 2.45) is 0 Å². The van der Waals surface area contributed by atoms with Crippen molar-refractivity contribution >= 4 is 5.65 Å². The highest BCUT2D eigenvalue weighted by Crippen LogP contribution is 2.28. The van der Waals surface area contributed by atoms with E-state index in [0.29, 0.717) is 22.8 Å². The lowest BCUT2D eigenvalue weighted by Crippen LogP contribution is -2.16. The van der Waals surface area contributed by atoms with Crippen LogP contribution in [-0.2, 0) is 6.61 Å². The van der Waals surface area contributed by atoms with Crippen LogP contribution in [0.5, 0.6) is 11.5 Å². The number of fused-ring (bicyclic) bond motifs is 1. The summed E-state index contributed by atoms with van der Waals surface area (Å²) < 4.78 is 12.6. The minimum Gasteiger partial charge on any atom is -0.493 e. The molecule has 0 spiro atoms. The van der Waals surface area contributed by atoms with Crippen molar-refractivity contribution in [3.8, 4) is 11.5 Å². The Balaban J connectivity index is 1.89. The Morgan fingerprint density at radius 2 is 1.83 bits per heavy atom. The lowest BCUT2D eigenvalue weighted by atomic mass is 10.2. The molecule has 0 N–H and O–H groups in total. The number of pyridine rings is 1. The second-order valence-corrected chi connectivity index (χ2v) is 5.46. The van der Waals surface area contributed by atoms with Gasteiger partial charge in [-0.1, -0.05) is 6.07 Å². The molecule has 0 radical (unpaired) electrons. The molecule has 3 aromatic rings. The fraction of sp³-hybridized carbons (Fsp3) is 0.222. The average Bonchev–Trinajstić information content (AvgIpc) is 2.53. The van der Waals surface area contributed by atoms with E-state index in [2.05, 4.69) is 4.98 Å². The molecule has 0 saturated carbocycles. The maximum atomic E-state index is 12.1. The van der Waals surface area contributed by atoms with Gasteiger partial charge in [-0.05, 0) is 49.2 Å². The van der Waals surface area contributed by atoms with Crippen LogP contribution < -0.4 is 15.0 Å². The molecule has 0 aliphatic rings. The van der Waals surface area contributed by atoms with Crippen molar-refractivity contribution in [1.82, 2.24) is 9.38 Å². The predicted molar refractivity (Wildman–Crippen MR) is 88.3 cm³/mol. The van der Waals surface area contributed by atoms with Gasteiger partial charge in [-0.3, -0.25) is 9.20 Å². The number of rotatable bonds is 4. The van der Waals surface area contributed by atoms with E-state index >= 15 is 0 Å². The van der Waals surface area contributed by atoms with Crippen LogP contribution in [0, 0.1) is 13.8 Å². The first-order valence-corrected chi connectivity index (χ1v) is 7.33. The van der Waals surface area contributed by atoms with Gasteiger partial charge in [0.25, 0.3) is 5.56 Å². The zero-order valence-corrected chi connectivity index (χ0v) is 13.4. The number of aryl methyl sites for hydroxylation is 2. The Morgan fingerprint density at radius 3 is 2.61 bits per heavy atom. The molecule has 0 unspecified atom stereocenters. The maximum absolute atomic E-state index is 12.1. The second kappa shape index (κ2) is 6.12. The third-order valence-electron chi connectivity index (χ3n) is 3.57. The van der Waals surface area contributed by atoms with Gasteiger partial charge in [-0.15, -0.1) is 0 Å². The highest BCUT2D eigenvalue weighted by Gasteiger charge is 2.07. The fourth-order valence-corrected chi connectivity index (χ4v) is 2.37. The Morgan fingerprint density at radius 1 is 1.04 bits per heavy atom. The average molecular weight is 310 g/mol. The minimum absolute atomic E-state index is 0.121. The number of hydrogen-bond acceptors (Lipinski definition) is 4. The standard InChI is InChI=1S/C18H18N2O3/c1-12-4-5-15(16(8-12)22-3)23-11-14-10-18(21)20-7-6-13(2)9-17(20)19-14/h4-10H,11H2,1-3H3. The van der Waals surface area contributed by atoms with Crippen LogP contribution in [0.25, 0.3) is 5.65 Å². The van der Waals surface area contributed by atoms with E-state index in [9.17, 15) is 4.79 Å². The molecule has 1 aromatic carbocycles. The SMILES string of the molecule is COc1cc(C)ccc1OCc1cc(=O)n2ccc(C)cc2n1. The van der Waals surface area contributed by atoms with E-state index in [4.69, 9.17) is 9.47 Å². The van der Waals surface area contributed by atoms with Crippen molar-refractivity contribution in [3.05, 3.63) is 69.8 Å². The van der Waals surface area contributed by atoms with Gasteiger partial charge in [0.05, 0.1) is 12.8 Å². The van der Waals surface area contributed by atoms with Crippen LogP contribution in [0.3, 0.4) is 0 Å². The number of nitrogens with zero attached hydrogens (tertiary/aromatic N) is 2. The number of aromatic nitrogens is 2. The van der Waals surface area contributed by atoms with Crippen LogP contribution in [0.4, 0.5) is 0 Å². The quantitative estimate of drug-likeness (QED) is 0.743. The van der Waals surface area contributed by atoms with Crippen molar-refractivity contribution in [2.75, 3.05) is 7.11 Å². The minimum atomic E-state index is -0.121. The summed E-state index contributed by atoms with van der Waals surface area (Å²) in [7, 11) is 1.60. The zero-order valence-electron chi connectivity index (χ0n) is 13.4. The molecule has 2 heterocycles. The lowest BCUT2D eigenvalue weighted by Gasteiger charge is -2.11. The largest absolute Gasteiger partial charge is 0.493 e. The monoisotopic (exact) mass is 310 g/mol. The van der Waals surface area contributed by atoms with Crippen molar-refractivity contribution in [1.29, 1.82) is 0 Å². The first kappa shape index (κ1) is 15.1. The van der Waals surface area contributed by atoms with E-state index in [1.807, 2.05) is 44.2 Å². The third kappa shape index (κ3) is 3.18. The molecule has 0 aliphatic heterocycles. The normalized spacial score (nSPS) is 10.7. The summed E-state index contributed by atoms with van der Waals surface area (Å²) in [5.74, 6) is 1.29. The Hall–Kier alpha value is -2.82. The van der Waals surface area contributed by atoms with Crippen LogP contribution in [-0.4, -0.2) is 16.5 Å². The molecule has 0 atom stereocenters. The Labute approximate surface area is 134 Å². The van der Waals surface area contributed by atoms with Crippen molar-refractivity contribution in [3.63, 3.8) is 0 Å². The summed E-state index contributed by atoms with van der Waals surface area (Å²) in [6.45, 7) is 4.16. The predicted octanol–water partition coefficient (Wildman–Crippen LogP) is 2.90. The van der Waals surface area contributed by atoms with E-state index in [-0.39, 0.29) is 12.2 Å². The van der Waals surface area contributed by atoms with Crippen molar-refractivity contribution < 1.29 is 9.47 Å². The highest BCUT2D eigenvalue weighted by molar-refractivity contribution is 5.43. The zero-order chi connectivity index (χ0) is 16.4. The van der Waals surface area contributed by atoms with Gasteiger partial charge in [-0.2, -0.15) is 0 Å². The highest BCUT2D eigenvalue weighted by atomic mass is 16.5. The van der Waals surface area contributed by atoms with Gasteiger partial charge < -0.3 is 9.47 Å². The molecule has 0 fully saturated rings. The van der Waals surface area contributed by atoms with Crippen molar-refractivity contribution in [2.45, 2.75) is 20.5 Å². The second-order valence-electron chi connectivity index (χ2n) is 5.46. The number of methoxy groups -OCH3 is 1. The number of ether oxygens (including phenoxy) is 2. The first-order chi connectivity index (χ1) is 11.1. The van der Waals surface area contributed by atoms with Gasteiger partial charge in [-0.25, -0.2) is 4.98 Å². The molecular weight excluding hydrogens is 292 g/mol. The molecule has 23 heavy (non-hydrogen) atoms. The summed E-state index contributed by atoms with van der Waals surface area (Å²) in [5, 5.41) is 0. The van der Waals surface area contributed by atoms with E-state index in [1.165, 1.54) is 10.5 Å². The van der Waals surface area contributed by atoms with Crippen LogP contribution >= 0.6 is 0 Å². The fourth-order valence-electron chi connectivity index (χ4n) is 2.37. The molecular formula is C18H18N2O3. The summed E-state index contributed by atoms with van der Waals surface area (Å²) in [6, 6.07) is 10.9. The van der Waals surface area contributed by atoms with Gasteiger partial charge in [0.2, 0.25) is 0 Å². The smallest absolute Gasteiger partial charge is 0.258 e. The number of benzene rings is 1. The molecule has 5 heteroatoms. The van der Waals surface area contributed by atoms with Gasteiger partial charge >= 0.3 is 0 Å². The molecule has 3 rings (SSSR count). The van der Waals surface area contributed by atoms with Gasteiger partial charge in [0.15, 0.2) is 11.5 Å². The van der Waals surface area contributed by atoms with Crippen LogP contribution in [0.2, 0.25) is 0 Å². The van der Waals surface area contributed by atoms with Crippen LogP contribution in [0.15, 0.2) is 47.4 Å². The first-order valence-electron chi connectivity index (χ1n) is 7.33. The van der Waals surface area contributed by atoms with E-state index < -0.39 is 0 Å².